The minimum Gasteiger partial charge on any atom is -0.496 e. The van der Waals surface area contributed by atoms with Gasteiger partial charge in [-0.05, 0) is 36.7 Å². The van der Waals surface area contributed by atoms with E-state index in [-0.39, 0.29) is 6.04 Å². The zero-order valence-corrected chi connectivity index (χ0v) is 12.2. The number of likely N-dealkylation sites (N-methyl/N-ethyl adjacent to an activating group) is 1. The van der Waals surface area contributed by atoms with E-state index >= 15 is 0 Å². The van der Waals surface area contributed by atoms with Crippen molar-refractivity contribution in [3.63, 3.8) is 0 Å². The lowest BCUT2D eigenvalue weighted by molar-refractivity contribution is 0.399. The molecule has 1 N–H and O–H groups in total. The molecule has 0 fully saturated rings. The van der Waals surface area contributed by atoms with Crippen molar-refractivity contribution in [2.24, 2.45) is 0 Å². The minimum absolute atomic E-state index is 0.0176. The Balaban J connectivity index is 2.28. The van der Waals surface area contributed by atoms with Gasteiger partial charge in [0.05, 0.1) is 7.11 Å². The Hall–Kier alpha value is -1.94. The lowest BCUT2D eigenvalue weighted by Gasteiger charge is -2.21. The molecule has 0 bridgehead atoms. The number of para-hydroxylation sites is 1. The van der Waals surface area contributed by atoms with Crippen LogP contribution >= 0.6 is 0 Å². The molecule has 2 aromatic rings. The Morgan fingerprint density at radius 3 is 2.52 bits per heavy atom. The quantitative estimate of drug-likeness (QED) is 0.872. The molecule has 1 unspecified atom stereocenters. The second-order valence-electron chi connectivity index (χ2n) is 4.80. The Kier molecular flexibility index (Phi) is 5.28. The first-order valence-corrected chi connectivity index (χ1v) is 6.96. The molecule has 0 amide bonds. The molecule has 4 heteroatoms. The fourth-order valence-electron chi connectivity index (χ4n) is 2.40. The molecule has 0 aliphatic heterocycles. The molecule has 2 aromatic carbocycles. The summed E-state index contributed by atoms with van der Waals surface area (Å²) in [7, 11) is 1.62. The average Bonchev–Trinajstić information content (AvgIpc) is 2.50. The maximum Gasteiger partial charge on any atom is 0.159 e. The summed E-state index contributed by atoms with van der Waals surface area (Å²) in [6.07, 6.45) is 0.561. The second-order valence-corrected chi connectivity index (χ2v) is 4.80. The number of rotatable bonds is 6. The van der Waals surface area contributed by atoms with Crippen molar-refractivity contribution < 1.29 is 13.5 Å². The van der Waals surface area contributed by atoms with Gasteiger partial charge in [0.1, 0.15) is 5.75 Å². The first-order chi connectivity index (χ1) is 10.2. The molecule has 1 atom stereocenters. The summed E-state index contributed by atoms with van der Waals surface area (Å²) in [6.45, 7) is 2.78. The van der Waals surface area contributed by atoms with Crippen molar-refractivity contribution in [1.29, 1.82) is 0 Å². The number of ether oxygens (including phenoxy) is 1. The SMILES string of the molecule is CCNC(Cc1ccc(F)c(F)c1)c1ccccc1OC. The van der Waals surface area contributed by atoms with Crippen molar-refractivity contribution in [2.45, 2.75) is 19.4 Å². The summed E-state index contributed by atoms with van der Waals surface area (Å²) in [4.78, 5) is 0. The molecule has 2 rings (SSSR count). The predicted octanol–water partition coefficient (Wildman–Crippen LogP) is 3.87. The first kappa shape index (κ1) is 15.4. The third kappa shape index (κ3) is 3.79. The molecule has 0 aliphatic rings. The van der Waals surface area contributed by atoms with Crippen LogP contribution in [0.5, 0.6) is 5.75 Å². The first-order valence-electron chi connectivity index (χ1n) is 6.96. The van der Waals surface area contributed by atoms with Gasteiger partial charge in [0.25, 0.3) is 0 Å². The third-order valence-electron chi connectivity index (χ3n) is 3.39. The normalized spacial score (nSPS) is 12.2. The Bertz CT molecular complexity index is 601. The Morgan fingerprint density at radius 1 is 1.10 bits per heavy atom. The second kappa shape index (κ2) is 7.18. The van der Waals surface area contributed by atoms with Gasteiger partial charge >= 0.3 is 0 Å². The maximum atomic E-state index is 13.3. The topological polar surface area (TPSA) is 21.3 Å². The number of nitrogens with one attached hydrogen (secondary N) is 1. The number of hydrogen-bond donors (Lipinski definition) is 1. The predicted molar refractivity (Wildman–Crippen MR) is 79.5 cm³/mol. The van der Waals surface area contributed by atoms with E-state index in [1.807, 2.05) is 31.2 Å². The van der Waals surface area contributed by atoms with E-state index in [1.165, 1.54) is 6.07 Å². The van der Waals surface area contributed by atoms with Gasteiger partial charge in [-0.15, -0.1) is 0 Å². The van der Waals surface area contributed by atoms with Gasteiger partial charge in [-0.3, -0.25) is 0 Å². The lowest BCUT2D eigenvalue weighted by atomic mass is 9.98. The zero-order valence-electron chi connectivity index (χ0n) is 12.2. The lowest BCUT2D eigenvalue weighted by Crippen LogP contribution is -2.23. The highest BCUT2D eigenvalue weighted by atomic mass is 19.2. The van der Waals surface area contributed by atoms with Gasteiger partial charge in [-0.2, -0.15) is 0 Å². The van der Waals surface area contributed by atoms with Crippen molar-refractivity contribution in [1.82, 2.24) is 5.32 Å². The summed E-state index contributed by atoms with van der Waals surface area (Å²) < 4.78 is 31.7. The summed E-state index contributed by atoms with van der Waals surface area (Å²) in [5.74, 6) is -0.857. The van der Waals surface area contributed by atoms with Gasteiger partial charge < -0.3 is 10.1 Å². The van der Waals surface area contributed by atoms with Gasteiger partial charge in [0.2, 0.25) is 0 Å². The van der Waals surface area contributed by atoms with Crippen LogP contribution in [-0.2, 0) is 6.42 Å². The van der Waals surface area contributed by atoms with Crippen LogP contribution in [0.2, 0.25) is 0 Å². The van der Waals surface area contributed by atoms with Gasteiger partial charge in [-0.25, -0.2) is 8.78 Å². The van der Waals surface area contributed by atoms with Crippen molar-refractivity contribution in [3.05, 3.63) is 65.2 Å². The van der Waals surface area contributed by atoms with Crippen LogP contribution < -0.4 is 10.1 Å². The van der Waals surface area contributed by atoms with Crippen LogP contribution in [0.25, 0.3) is 0 Å². The highest BCUT2D eigenvalue weighted by Gasteiger charge is 2.16. The fourth-order valence-corrected chi connectivity index (χ4v) is 2.40. The fraction of sp³-hybridized carbons (Fsp3) is 0.294. The van der Waals surface area contributed by atoms with Crippen LogP contribution in [0.1, 0.15) is 24.1 Å². The largest absolute Gasteiger partial charge is 0.496 e. The van der Waals surface area contributed by atoms with Gasteiger partial charge in [0, 0.05) is 11.6 Å². The summed E-state index contributed by atoms with van der Waals surface area (Å²) in [5, 5.41) is 3.36. The summed E-state index contributed by atoms with van der Waals surface area (Å²) >= 11 is 0. The van der Waals surface area contributed by atoms with Gasteiger partial charge in [0.15, 0.2) is 11.6 Å². The molecule has 0 saturated heterocycles. The van der Waals surface area contributed by atoms with Gasteiger partial charge in [-0.1, -0.05) is 31.2 Å². The van der Waals surface area contributed by atoms with Crippen LogP contribution in [0, 0.1) is 11.6 Å². The van der Waals surface area contributed by atoms with E-state index in [4.69, 9.17) is 4.74 Å². The molecule has 0 saturated carbocycles. The molecule has 0 radical (unpaired) electrons. The standard InChI is InChI=1S/C17H19F2NO/c1-3-20-16(13-6-4-5-7-17(13)21-2)11-12-8-9-14(18)15(19)10-12/h4-10,16,20H,3,11H2,1-2H3. The monoisotopic (exact) mass is 291 g/mol. The van der Waals surface area contributed by atoms with E-state index in [0.717, 1.165) is 29.5 Å². The highest BCUT2D eigenvalue weighted by molar-refractivity contribution is 5.37. The zero-order chi connectivity index (χ0) is 15.2. The van der Waals surface area contributed by atoms with E-state index in [0.29, 0.717) is 6.42 Å². The molecule has 0 aromatic heterocycles. The molecule has 0 heterocycles. The number of hydrogen-bond acceptors (Lipinski definition) is 2. The summed E-state index contributed by atoms with van der Waals surface area (Å²) in [5.41, 5.74) is 1.75. The van der Waals surface area contributed by atoms with E-state index in [2.05, 4.69) is 5.32 Å². The van der Waals surface area contributed by atoms with E-state index in [1.54, 1.807) is 13.2 Å². The Morgan fingerprint density at radius 2 is 1.86 bits per heavy atom. The van der Waals surface area contributed by atoms with Crippen LogP contribution in [-0.4, -0.2) is 13.7 Å². The summed E-state index contributed by atoms with van der Waals surface area (Å²) in [6, 6.07) is 11.7. The number of benzene rings is 2. The number of halogens is 2. The Labute approximate surface area is 123 Å². The third-order valence-corrected chi connectivity index (χ3v) is 3.39. The van der Waals surface area contributed by atoms with Crippen LogP contribution in [0.15, 0.2) is 42.5 Å². The van der Waals surface area contributed by atoms with Crippen molar-refractivity contribution in [3.8, 4) is 5.75 Å². The van der Waals surface area contributed by atoms with E-state index < -0.39 is 11.6 Å². The molecular weight excluding hydrogens is 272 g/mol. The number of methoxy groups -OCH3 is 1. The highest BCUT2D eigenvalue weighted by Crippen LogP contribution is 2.27. The van der Waals surface area contributed by atoms with Crippen molar-refractivity contribution >= 4 is 0 Å². The maximum absolute atomic E-state index is 13.3. The molecule has 112 valence electrons. The molecule has 0 aliphatic carbocycles. The average molecular weight is 291 g/mol. The molecule has 0 spiro atoms. The molecule has 2 nitrogen and oxygen atoms in total. The molecule has 21 heavy (non-hydrogen) atoms. The van der Waals surface area contributed by atoms with Crippen LogP contribution in [0.4, 0.5) is 8.78 Å². The van der Waals surface area contributed by atoms with Crippen LogP contribution in [0.3, 0.4) is 0 Å². The molecular formula is C17H19F2NO. The van der Waals surface area contributed by atoms with Crippen molar-refractivity contribution in [2.75, 3.05) is 13.7 Å². The smallest absolute Gasteiger partial charge is 0.159 e. The van der Waals surface area contributed by atoms with E-state index in [9.17, 15) is 8.78 Å². The minimum atomic E-state index is -0.823.